The number of benzene rings is 5. The van der Waals surface area contributed by atoms with E-state index in [1.54, 1.807) is 4.90 Å². The molecule has 1 N–H and O–H groups in total. The second-order valence-electron chi connectivity index (χ2n) is 16.5. The standard InChI is InChI=1S/C24BF20.C24H43N/c26-5-1(6(27)14(35)21(42)13(5)34)25(2-7(28)15(36)22(43)16(37)8(2)29,3-9(30)17(38)23(44)18(39)10(3)31)4-11(32)19(40)24(45)20(41)12(4)33;1-3-5-7-9-11-13-18-22-25(24-20-16-15-17-21-24)23-19-14-12-10-8-6-4-2/h;15-17,20-21H,3-14,18-19,22-23H2,1-2H3/q-1;/p+1. The number of nitrogens with one attached hydrogen (secondary N) is 1. The molecule has 0 saturated carbocycles. The van der Waals surface area contributed by atoms with Crippen molar-refractivity contribution in [3.8, 4) is 0 Å². The maximum absolute atomic E-state index is 15.4. The molecule has 5 aromatic rings. The van der Waals surface area contributed by atoms with Crippen LogP contribution in [0, 0.1) is 116 Å². The van der Waals surface area contributed by atoms with Crippen LogP contribution in [0.15, 0.2) is 30.3 Å². The third-order valence-electron chi connectivity index (χ3n) is 12.1. The number of rotatable bonds is 21. The van der Waals surface area contributed by atoms with E-state index >= 15 is 35.1 Å². The highest BCUT2D eigenvalue weighted by atomic mass is 19.2. The minimum atomic E-state index is -7.22. The van der Waals surface area contributed by atoms with Crippen LogP contribution < -0.4 is 26.8 Å². The summed E-state index contributed by atoms with van der Waals surface area (Å²) in [5.41, 5.74) is -12.8. The van der Waals surface area contributed by atoms with E-state index in [4.69, 9.17) is 0 Å². The van der Waals surface area contributed by atoms with Crippen molar-refractivity contribution < 1.29 is 92.7 Å². The number of hydrogen-bond acceptors (Lipinski definition) is 0. The molecule has 0 radical (unpaired) electrons. The minimum absolute atomic E-state index is 1.31. The van der Waals surface area contributed by atoms with Crippen LogP contribution >= 0.6 is 0 Å². The average Bonchev–Trinajstić information content (AvgIpc) is 3.35. The fourth-order valence-corrected chi connectivity index (χ4v) is 8.55. The van der Waals surface area contributed by atoms with Gasteiger partial charge in [0.25, 0.3) is 0 Å². The second-order valence-corrected chi connectivity index (χ2v) is 16.5. The Morgan fingerprint density at radius 2 is 0.471 bits per heavy atom. The van der Waals surface area contributed by atoms with Crippen molar-refractivity contribution in [1.82, 2.24) is 0 Å². The van der Waals surface area contributed by atoms with Gasteiger partial charge in [-0.05, 0) is 37.8 Å². The van der Waals surface area contributed by atoms with Crippen LogP contribution in [-0.4, -0.2) is 19.2 Å². The van der Waals surface area contributed by atoms with E-state index in [9.17, 15) is 52.7 Å². The second kappa shape index (κ2) is 25.2. The van der Waals surface area contributed by atoms with Gasteiger partial charge in [0, 0.05) is 0 Å². The van der Waals surface area contributed by atoms with Gasteiger partial charge in [0.1, 0.15) is 58.4 Å². The molecule has 384 valence electrons. The van der Waals surface area contributed by atoms with Gasteiger partial charge in [0.05, 0.1) is 13.1 Å². The van der Waals surface area contributed by atoms with E-state index in [1.807, 2.05) is 0 Å². The van der Waals surface area contributed by atoms with E-state index in [0.717, 1.165) is 0 Å². The molecule has 0 aliphatic heterocycles. The van der Waals surface area contributed by atoms with Crippen LogP contribution in [0.25, 0.3) is 0 Å². The third kappa shape index (κ3) is 11.4. The molecule has 0 aromatic heterocycles. The van der Waals surface area contributed by atoms with Crippen molar-refractivity contribution in [2.75, 3.05) is 13.1 Å². The first-order valence-corrected chi connectivity index (χ1v) is 22.2. The lowest BCUT2D eigenvalue weighted by molar-refractivity contribution is -0.833. The summed E-state index contributed by atoms with van der Waals surface area (Å²) in [6.45, 7) is 7.22. The first-order valence-electron chi connectivity index (χ1n) is 22.2. The number of hydrogen-bond donors (Lipinski definition) is 1. The molecule has 22 heteroatoms. The van der Waals surface area contributed by atoms with Gasteiger partial charge in [0.2, 0.25) is 0 Å². The highest BCUT2D eigenvalue weighted by Gasteiger charge is 2.52. The summed E-state index contributed by atoms with van der Waals surface area (Å²) < 4.78 is 294. The SMILES string of the molecule is CCCCCCCCC[NH+](CCCCCCCCC)c1ccccc1.Fc1c(F)c(F)c([B-](c2c(F)c(F)c(F)c(F)c2F)(c2c(F)c(F)c(F)c(F)c2F)c2c(F)c(F)c(F)c(F)c2F)c(F)c1F. The summed E-state index contributed by atoms with van der Waals surface area (Å²) in [5.74, 6) is -71.4. The molecule has 0 aliphatic rings. The molecule has 0 saturated heterocycles. The summed E-state index contributed by atoms with van der Waals surface area (Å²) in [6.07, 6.45) is 12.5. The van der Waals surface area contributed by atoms with Crippen molar-refractivity contribution in [3.05, 3.63) is 147 Å². The number of halogens is 20. The first kappa shape index (κ1) is 57.3. The number of para-hydroxylation sites is 1. The van der Waals surface area contributed by atoms with Crippen LogP contribution in [0.2, 0.25) is 0 Å². The maximum atomic E-state index is 15.4. The highest BCUT2D eigenvalue weighted by molar-refractivity contribution is 7.20. The van der Waals surface area contributed by atoms with Gasteiger partial charge < -0.3 is 4.90 Å². The van der Waals surface area contributed by atoms with Gasteiger partial charge in [-0.1, -0.05) is 96.3 Å². The predicted octanol–water partition coefficient (Wildman–Crippen LogP) is 12.6. The molecule has 70 heavy (non-hydrogen) atoms. The van der Waals surface area contributed by atoms with E-state index in [2.05, 4.69) is 44.2 Å². The van der Waals surface area contributed by atoms with Gasteiger partial charge >= 0.3 is 0 Å². The Kier molecular flexibility index (Phi) is 20.6. The molecule has 0 atom stereocenters. The molecule has 0 fully saturated rings. The predicted molar refractivity (Wildman–Crippen MR) is 222 cm³/mol. The lowest BCUT2D eigenvalue weighted by Crippen LogP contribution is -3.07. The Morgan fingerprint density at radius 1 is 0.271 bits per heavy atom. The van der Waals surface area contributed by atoms with Crippen molar-refractivity contribution in [2.45, 2.75) is 104 Å². The van der Waals surface area contributed by atoms with Crippen LogP contribution in [0.1, 0.15) is 104 Å². The van der Waals surface area contributed by atoms with Crippen LogP contribution in [0.3, 0.4) is 0 Å². The molecule has 1 nitrogen and oxygen atoms in total. The van der Waals surface area contributed by atoms with Crippen LogP contribution in [0.4, 0.5) is 93.5 Å². The molecule has 0 amide bonds. The summed E-state index contributed by atoms with van der Waals surface area (Å²) in [7, 11) is 0. The Hall–Kier alpha value is -5.28. The molecule has 5 rings (SSSR count). The average molecular weight is 1030 g/mol. The van der Waals surface area contributed by atoms with Gasteiger partial charge in [-0.2, -0.15) is 0 Å². The zero-order valence-electron chi connectivity index (χ0n) is 37.3. The Morgan fingerprint density at radius 3 is 0.700 bits per heavy atom. The van der Waals surface area contributed by atoms with Crippen molar-refractivity contribution in [3.63, 3.8) is 0 Å². The third-order valence-corrected chi connectivity index (χ3v) is 12.1. The zero-order chi connectivity index (χ0) is 52.4. The minimum Gasteiger partial charge on any atom is -0.302 e. The van der Waals surface area contributed by atoms with Gasteiger partial charge in [-0.25, -0.2) is 87.8 Å². The van der Waals surface area contributed by atoms with Gasteiger partial charge in [-0.3, -0.25) is 0 Å². The molecule has 0 aliphatic carbocycles. The van der Waals surface area contributed by atoms with E-state index in [-0.39, 0.29) is 0 Å². The summed E-state index contributed by atoms with van der Waals surface area (Å²) in [4.78, 5) is 1.71. The smallest absolute Gasteiger partial charge is 0.200 e. The number of quaternary nitrogens is 1. The van der Waals surface area contributed by atoms with E-state index < -0.39 is 144 Å². The molecule has 0 heterocycles. The van der Waals surface area contributed by atoms with Gasteiger partial charge in [0.15, 0.2) is 69.8 Å². The first-order chi connectivity index (χ1) is 33.1. The van der Waals surface area contributed by atoms with Crippen molar-refractivity contribution >= 4 is 33.7 Å². The Balaban J connectivity index is 0.000000361. The molecule has 0 bridgehead atoms. The van der Waals surface area contributed by atoms with E-state index in [1.165, 1.54) is 109 Å². The molecule has 0 spiro atoms. The Labute approximate surface area is 389 Å². The van der Waals surface area contributed by atoms with Crippen molar-refractivity contribution in [1.29, 1.82) is 0 Å². The normalized spacial score (nSPS) is 11.8. The summed E-state index contributed by atoms with van der Waals surface area (Å²) in [6, 6.07) is 11.2. The van der Waals surface area contributed by atoms with Crippen molar-refractivity contribution in [2.24, 2.45) is 0 Å². The van der Waals surface area contributed by atoms with Gasteiger partial charge in [-0.15, -0.1) is 21.9 Å². The fourth-order valence-electron chi connectivity index (χ4n) is 8.55. The lowest BCUT2D eigenvalue weighted by atomic mass is 9.12. The maximum Gasteiger partial charge on any atom is 0.200 e. The van der Waals surface area contributed by atoms with Crippen LogP contribution in [-0.2, 0) is 0 Å². The quantitative estimate of drug-likeness (QED) is 0.0246. The molecule has 0 unspecified atom stereocenters. The van der Waals surface area contributed by atoms with Crippen LogP contribution in [0.5, 0.6) is 0 Å². The topological polar surface area (TPSA) is 4.44 Å². The zero-order valence-corrected chi connectivity index (χ0v) is 37.3. The summed E-state index contributed by atoms with van der Waals surface area (Å²) >= 11 is 0. The lowest BCUT2D eigenvalue weighted by Gasteiger charge is -2.44. The molecular weight excluding hydrogens is 981 g/mol. The van der Waals surface area contributed by atoms with E-state index in [0.29, 0.717) is 0 Å². The monoisotopic (exact) mass is 1030 g/mol. The summed E-state index contributed by atoms with van der Waals surface area (Å²) in [5, 5.41) is 0. The fraction of sp³-hybridized carbons (Fsp3) is 0.375. The largest absolute Gasteiger partial charge is 0.302 e. The number of unbranched alkanes of at least 4 members (excludes halogenated alkanes) is 12. The molecule has 5 aromatic carbocycles. The molecular formula is C48H44BF20N. The Bertz CT molecular complexity index is 2210. The highest BCUT2D eigenvalue weighted by Crippen LogP contribution is 2.31.